The zero-order valence-electron chi connectivity index (χ0n) is 12.6. The van der Waals surface area contributed by atoms with Gasteiger partial charge in [-0.1, -0.05) is 48.9 Å². The Bertz CT molecular complexity index is 695. The predicted molar refractivity (Wildman–Crippen MR) is 89.6 cm³/mol. The van der Waals surface area contributed by atoms with Crippen LogP contribution >= 0.6 is 11.6 Å². The predicted octanol–water partition coefficient (Wildman–Crippen LogP) is 5.11. The largest absolute Gasteiger partial charge is 0.324 e. The van der Waals surface area contributed by atoms with Crippen LogP contribution in [0.2, 0.25) is 5.15 Å². The highest BCUT2D eigenvalue weighted by molar-refractivity contribution is 6.29. The summed E-state index contributed by atoms with van der Waals surface area (Å²) in [7, 11) is 0. The van der Waals surface area contributed by atoms with Crippen molar-refractivity contribution in [1.82, 2.24) is 14.5 Å². The van der Waals surface area contributed by atoms with Gasteiger partial charge in [0, 0.05) is 6.20 Å². The average molecular weight is 302 g/mol. The fraction of sp³-hybridized carbons (Fsp3) is 0.294. The van der Waals surface area contributed by atoms with Gasteiger partial charge in [-0.3, -0.25) is 0 Å². The van der Waals surface area contributed by atoms with Gasteiger partial charge in [0.2, 0.25) is 0 Å². The molecular formula is C17H20ClN3. The molecule has 4 heteroatoms. The van der Waals surface area contributed by atoms with Gasteiger partial charge in [0.05, 0.1) is 12.2 Å². The molecule has 0 saturated carbocycles. The van der Waals surface area contributed by atoms with Crippen LogP contribution in [0.1, 0.15) is 33.2 Å². The maximum absolute atomic E-state index is 5.97. The first-order valence-electron chi connectivity index (χ1n) is 7.15. The highest BCUT2D eigenvalue weighted by Crippen LogP contribution is 2.24. The number of hydrogen-bond donors (Lipinski definition) is 0. The summed E-state index contributed by atoms with van der Waals surface area (Å²) in [6, 6.07) is 2.13. The van der Waals surface area contributed by atoms with E-state index in [2.05, 4.69) is 52.7 Å². The number of halogens is 1. The zero-order chi connectivity index (χ0) is 15.2. The quantitative estimate of drug-likeness (QED) is 0.718. The normalized spacial score (nSPS) is 14.6. The average Bonchev–Trinajstić information content (AvgIpc) is 2.89. The summed E-state index contributed by atoms with van der Waals surface area (Å²) in [5.74, 6) is 0. The van der Waals surface area contributed by atoms with Crippen LogP contribution in [0, 0.1) is 0 Å². The van der Waals surface area contributed by atoms with E-state index in [0.717, 1.165) is 17.6 Å². The molecule has 1 atom stereocenters. The lowest BCUT2D eigenvalue weighted by Gasteiger charge is -2.16. The van der Waals surface area contributed by atoms with Gasteiger partial charge in [-0.05, 0) is 31.9 Å². The lowest BCUT2D eigenvalue weighted by molar-refractivity contribution is 0.656. The van der Waals surface area contributed by atoms with E-state index in [1.165, 1.54) is 5.57 Å². The second-order valence-corrected chi connectivity index (χ2v) is 5.19. The summed E-state index contributed by atoms with van der Waals surface area (Å²) in [5, 5.41) is 0.415. The number of rotatable bonds is 5. The molecule has 0 saturated heterocycles. The standard InChI is InChI=1S/C17H20ClN3/c1-4-6-8-14(9-7-5-2)13(3)21-11-10-15-17(21)20-16(18)12-19-15/h4,6-13H,5H2,1-3H3/b6-4-,9-7-,14-8+. The van der Waals surface area contributed by atoms with E-state index in [9.17, 15) is 0 Å². The van der Waals surface area contributed by atoms with Gasteiger partial charge < -0.3 is 4.57 Å². The minimum atomic E-state index is 0.161. The van der Waals surface area contributed by atoms with E-state index < -0.39 is 0 Å². The highest BCUT2D eigenvalue weighted by Gasteiger charge is 2.12. The second-order valence-electron chi connectivity index (χ2n) is 4.80. The molecule has 0 amide bonds. The summed E-state index contributed by atoms with van der Waals surface area (Å²) in [5.41, 5.74) is 2.89. The molecule has 0 aliphatic heterocycles. The maximum atomic E-state index is 5.97. The third-order valence-corrected chi connectivity index (χ3v) is 3.50. The first-order valence-corrected chi connectivity index (χ1v) is 7.53. The molecule has 2 aromatic rings. The minimum absolute atomic E-state index is 0.161. The Labute approximate surface area is 130 Å². The highest BCUT2D eigenvalue weighted by atomic mass is 35.5. The molecule has 2 aromatic heterocycles. The van der Waals surface area contributed by atoms with E-state index in [1.807, 2.05) is 25.3 Å². The van der Waals surface area contributed by atoms with Crippen molar-refractivity contribution in [3.63, 3.8) is 0 Å². The molecule has 0 fully saturated rings. The molecule has 21 heavy (non-hydrogen) atoms. The molecule has 2 heterocycles. The van der Waals surface area contributed by atoms with Crippen molar-refractivity contribution in [3.05, 3.63) is 59.6 Å². The number of fused-ring (bicyclic) bond motifs is 1. The molecule has 0 radical (unpaired) electrons. The maximum Gasteiger partial charge on any atom is 0.160 e. The zero-order valence-corrected chi connectivity index (χ0v) is 13.4. The lowest BCUT2D eigenvalue weighted by atomic mass is 10.1. The number of allylic oxidation sites excluding steroid dienone is 6. The van der Waals surface area contributed by atoms with Gasteiger partial charge in [-0.15, -0.1) is 0 Å². The Morgan fingerprint density at radius 2 is 2.29 bits per heavy atom. The van der Waals surface area contributed by atoms with Crippen LogP contribution in [0.15, 0.2) is 54.4 Å². The molecular weight excluding hydrogens is 282 g/mol. The van der Waals surface area contributed by atoms with Crippen molar-refractivity contribution in [2.45, 2.75) is 33.2 Å². The Morgan fingerprint density at radius 3 is 3.00 bits per heavy atom. The lowest BCUT2D eigenvalue weighted by Crippen LogP contribution is -2.06. The van der Waals surface area contributed by atoms with Crippen LogP contribution in [0.3, 0.4) is 0 Å². The molecule has 0 spiro atoms. The molecule has 0 N–H and O–H groups in total. The van der Waals surface area contributed by atoms with Crippen molar-refractivity contribution < 1.29 is 0 Å². The third kappa shape index (κ3) is 3.61. The molecule has 0 aliphatic carbocycles. The van der Waals surface area contributed by atoms with Gasteiger partial charge in [0.25, 0.3) is 0 Å². The van der Waals surface area contributed by atoms with Crippen molar-refractivity contribution in [1.29, 1.82) is 0 Å². The van der Waals surface area contributed by atoms with Crippen LogP contribution in [0.5, 0.6) is 0 Å². The van der Waals surface area contributed by atoms with Crippen LogP contribution in [0.25, 0.3) is 11.2 Å². The molecule has 2 rings (SSSR count). The fourth-order valence-electron chi connectivity index (χ4n) is 2.17. The monoisotopic (exact) mass is 301 g/mol. The number of hydrogen-bond acceptors (Lipinski definition) is 2. The molecule has 1 unspecified atom stereocenters. The summed E-state index contributed by atoms with van der Waals surface area (Å²) in [4.78, 5) is 8.70. The summed E-state index contributed by atoms with van der Waals surface area (Å²) in [6.45, 7) is 6.29. The SMILES string of the molecule is C\C=C/C=C(\C=C/CC)C(C)n1ccc2ncc(Cl)nc21. The Hall–Kier alpha value is -1.87. The molecule has 0 aromatic carbocycles. The summed E-state index contributed by atoms with van der Waals surface area (Å²) in [6.07, 6.45) is 15.1. The second kappa shape index (κ2) is 7.23. The Balaban J connectivity index is 2.45. The van der Waals surface area contributed by atoms with E-state index in [0.29, 0.717) is 5.15 Å². The summed E-state index contributed by atoms with van der Waals surface area (Å²) < 4.78 is 2.10. The van der Waals surface area contributed by atoms with E-state index in [4.69, 9.17) is 11.6 Å². The third-order valence-electron chi connectivity index (χ3n) is 3.32. The van der Waals surface area contributed by atoms with Crippen LogP contribution < -0.4 is 0 Å². The van der Waals surface area contributed by atoms with E-state index in [1.54, 1.807) is 6.20 Å². The van der Waals surface area contributed by atoms with Gasteiger partial charge in [-0.2, -0.15) is 0 Å². The number of aromatic nitrogens is 3. The van der Waals surface area contributed by atoms with Gasteiger partial charge >= 0.3 is 0 Å². The van der Waals surface area contributed by atoms with Crippen molar-refractivity contribution >= 4 is 22.8 Å². The Kier molecular flexibility index (Phi) is 5.34. The summed E-state index contributed by atoms with van der Waals surface area (Å²) >= 11 is 5.97. The van der Waals surface area contributed by atoms with Gasteiger partial charge in [0.1, 0.15) is 10.7 Å². The minimum Gasteiger partial charge on any atom is -0.324 e. The van der Waals surface area contributed by atoms with Crippen molar-refractivity contribution in [2.24, 2.45) is 0 Å². The molecule has 110 valence electrons. The molecule has 0 aliphatic rings. The number of nitrogens with zero attached hydrogens (tertiary/aromatic N) is 3. The van der Waals surface area contributed by atoms with Gasteiger partial charge in [0.15, 0.2) is 5.65 Å². The topological polar surface area (TPSA) is 30.7 Å². The van der Waals surface area contributed by atoms with Gasteiger partial charge in [-0.25, -0.2) is 9.97 Å². The fourth-order valence-corrected chi connectivity index (χ4v) is 2.29. The molecule has 0 bridgehead atoms. The van der Waals surface area contributed by atoms with Crippen LogP contribution in [-0.2, 0) is 0 Å². The Morgan fingerprint density at radius 1 is 1.48 bits per heavy atom. The first-order chi connectivity index (χ1) is 10.2. The van der Waals surface area contributed by atoms with Crippen molar-refractivity contribution in [3.8, 4) is 0 Å². The molecule has 3 nitrogen and oxygen atoms in total. The smallest absolute Gasteiger partial charge is 0.160 e. The van der Waals surface area contributed by atoms with E-state index in [-0.39, 0.29) is 6.04 Å². The van der Waals surface area contributed by atoms with E-state index >= 15 is 0 Å². The first kappa shape index (κ1) is 15.5. The van der Waals surface area contributed by atoms with Crippen molar-refractivity contribution in [2.75, 3.05) is 0 Å². The van der Waals surface area contributed by atoms with Crippen LogP contribution in [-0.4, -0.2) is 14.5 Å². The van der Waals surface area contributed by atoms with Crippen LogP contribution in [0.4, 0.5) is 0 Å².